The smallest absolute Gasteiger partial charge is 0.238 e. The van der Waals surface area contributed by atoms with Crippen LogP contribution in [0.4, 0.5) is 0 Å². The van der Waals surface area contributed by atoms with Crippen molar-refractivity contribution >= 4 is 31.6 Å². The van der Waals surface area contributed by atoms with E-state index in [4.69, 9.17) is 9.88 Å². The summed E-state index contributed by atoms with van der Waals surface area (Å²) in [6.45, 7) is 0.418. The Labute approximate surface area is 161 Å². The summed E-state index contributed by atoms with van der Waals surface area (Å²) in [5, 5.41) is 6.05. The van der Waals surface area contributed by atoms with E-state index in [0.29, 0.717) is 6.61 Å². The second kappa shape index (κ2) is 7.11. The molecule has 7 heteroatoms. The van der Waals surface area contributed by atoms with E-state index in [1.807, 2.05) is 48.5 Å². The van der Waals surface area contributed by atoms with Crippen molar-refractivity contribution in [3.8, 4) is 16.9 Å². The second-order valence-electron chi connectivity index (χ2n) is 5.96. The van der Waals surface area contributed by atoms with Gasteiger partial charge in [-0.15, -0.1) is 11.3 Å². The molecule has 1 aromatic heterocycles. The molecule has 0 aliphatic heterocycles. The molecule has 2 N–H and O–H groups in total. The highest BCUT2D eigenvalue weighted by Crippen LogP contribution is 2.26. The number of aromatic nitrogens is 1. The molecule has 0 saturated carbocycles. The van der Waals surface area contributed by atoms with E-state index in [9.17, 15) is 8.42 Å². The van der Waals surface area contributed by atoms with Gasteiger partial charge in [-0.1, -0.05) is 36.4 Å². The van der Waals surface area contributed by atoms with Gasteiger partial charge >= 0.3 is 0 Å². The molecule has 0 spiro atoms. The Morgan fingerprint density at radius 3 is 2.15 bits per heavy atom. The molecular formula is C20H16N2O3S2. The summed E-state index contributed by atoms with van der Waals surface area (Å²) in [4.78, 5) is 4.65. The maximum Gasteiger partial charge on any atom is 0.238 e. The minimum atomic E-state index is -3.68. The lowest BCUT2D eigenvalue weighted by Gasteiger charge is -2.07. The van der Waals surface area contributed by atoms with Crippen LogP contribution in [0.15, 0.2) is 77.7 Å². The van der Waals surface area contributed by atoms with Crippen LogP contribution < -0.4 is 9.88 Å². The van der Waals surface area contributed by atoms with E-state index in [1.54, 1.807) is 23.5 Å². The fourth-order valence-corrected chi connectivity index (χ4v) is 4.10. The summed E-state index contributed by atoms with van der Waals surface area (Å²) in [6, 6.07) is 22.1. The van der Waals surface area contributed by atoms with Gasteiger partial charge in [0, 0.05) is 0 Å². The first kappa shape index (κ1) is 17.7. The van der Waals surface area contributed by atoms with Gasteiger partial charge in [0.05, 0.1) is 15.1 Å². The van der Waals surface area contributed by atoms with Gasteiger partial charge in [-0.2, -0.15) is 0 Å². The average molecular weight is 396 g/mol. The number of hydrogen-bond acceptors (Lipinski definition) is 5. The number of hydrogen-bond donors (Lipinski definition) is 1. The zero-order valence-corrected chi connectivity index (χ0v) is 15.8. The standard InChI is InChI=1S/C20H16N2O3S2/c21-27(23,24)17-11-7-15(8-12-17)14-5-9-16(10-6-14)25-13-20-22-18-3-1-2-4-19(18)26-20/h1-12H,13H2,(H2,21,23,24). The quantitative estimate of drug-likeness (QED) is 0.548. The number of sulfonamides is 1. The predicted octanol–water partition coefficient (Wildman–Crippen LogP) is 4.19. The molecule has 27 heavy (non-hydrogen) atoms. The highest BCUT2D eigenvalue weighted by Gasteiger charge is 2.08. The molecule has 4 rings (SSSR count). The van der Waals surface area contributed by atoms with E-state index in [1.165, 1.54) is 12.1 Å². The molecule has 4 aromatic rings. The Morgan fingerprint density at radius 2 is 1.52 bits per heavy atom. The third-order valence-electron chi connectivity index (χ3n) is 4.07. The Balaban J connectivity index is 1.45. The van der Waals surface area contributed by atoms with Crippen molar-refractivity contribution in [1.82, 2.24) is 4.98 Å². The third-order valence-corrected chi connectivity index (χ3v) is 6.01. The number of fused-ring (bicyclic) bond motifs is 1. The monoisotopic (exact) mass is 396 g/mol. The van der Waals surface area contributed by atoms with Gasteiger partial charge < -0.3 is 4.74 Å². The molecule has 0 bridgehead atoms. The van der Waals surface area contributed by atoms with Crippen molar-refractivity contribution in [3.63, 3.8) is 0 Å². The number of rotatable bonds is 5. The molecule has 136 valence electrons. The van der Waals surface area contributed by atoms with E-state index < -0.39 is 10.0 Å². The lowest BCUT2D eigenvalue weighted by molar-refractivity contribution is 0.306. The zero-order chi connectivity index (χ0) is 18.9. The Kier molecular flexibility index (Phi) is 4.65. The summed E-state index contributed by atoms with van der Waals surface area (Å²) < 4.78 is 29.6. The maximum absolute atomic E-state index is 11.3. The fourth-order valence-electron chi connectivity index (χ4n) is 2.71. The van der Waals surface area contributed by atoms with Crippen LogP contribution in [0.1, 0.15) is 5.01 Å². The average Bonchev–Trinajstić information content (AvgIpc) is 3.09. The summed E-state index contributed by atoms with van der Waals surface area (Å²) in [6.07, 6.45) is 0. The second-order valence-corrected chi connectivity index (χ2v) is 8.63. The first-order valence-electron chi connectivity index (χ1n) is 8.20. The van der Waals surface area contributed by atoms with Crippen LogP contribution in [0, 0.1) is 0 Å². The lowest BCUT2D eigenvalue weighted by atomic mass is 10.1. The molecule has 0 atom stereocenters. The lowest BCUT2D eigenvalue weighted by Crippen LogP contribution is -2.11. The van der Waals surface area contributed by atoms with Gasteiger partial charge in [0.15, 0.2) is 0 Å². The third kappa shape index (κ3) is 4.00. The normalized spacial score (nSPS) is 11.6. The molecule has 0 radical (unpaired) electrons. The topological polar surface area (TPSA) is 82.3 Å². The van der Waals surface area contributed by atoms with Crippen LogP contribution in [0.3, 0.4) is 0 Å². The molecule has 0 aliphatic carbocycles. The van der Waals surface area contributed by atoms with Gasteiger partial charge in [0.2, 0.25) is 10.0 Å². The number of ether oxygens (including phenoxy) is 1. The summed E-state index contributed by atoms with van der Waals surface area (Å²) >= 11 is 1.62. The van der Waals surface area contributed by atoms with Crippen LogP contribution in [-0.2, 0) is 16.6 Å². The molecule has 0 saturated heterocycles. The van der Waals surface area contributed by atoms with E-state index in [2.05, 4.69) is 4.98 Å². The largest absolute Gasteiger partial charge is 0.486 e. The number of benzene rings is 3. The van der Waals surface area contributed by atoms with Crippen molar-refractivity contribution in [2.75, 3.05) is 0 Å². The molecular weight excluding hydrogens is 380 g/mol. The summed E-state index contributed by atoms with van der Waals surface area (Å²) in [5.41, 5.74) is 2.85. The first-order valence-corrected chi connectivity index (χ1v) is 10.6. The van der Waals surface area contributed by atoms with Crippen molar-refractivity contribution in [1.29, 1.82) is 0 Å². The van der Waals surface area contributed by atoms with Crippen LogP contribution >= 0.6 is 11.3 Å². The maximum atomic E-state index is 11.3. The first-order chi connectivity index (χ1) is 13.0. The van der Waals surface area contributed by atoms with Crippen molar-refractivity contribution < 1.29 is 13.2 Å². The predicted molar refractivity (Wildman–Crippen MR) is 107 cm³/mol. The molecule has 0 fully saturated rings. The van der Waals surface area contributed by atoms with Crippen molar-refractivity contribution in [2.24, 2.45) is 5.14 Å². The molecule has 0 amide bonds. The minimum absolute atomic E-state index is 0.0991. The number of primary sulfonamides is 1. The Bertz CT molecular complexity index is 1150. The van der Waals surface area contributed by atoms with Gasteiger partial charge in [0.1, 0.15) is 17.4 Å². The number of para-hydroxylation sites is 1. The highest BCUT2D eigenvalue weighted by atomic mass is 32.2. The van der Waals surface area contributed by atoms with Crippen molar-refractivity contribution in [2.45, 2.75) is 11.5 Å². The summed E-state index contributed by atoms with van der Waals surface area (Å²) in [7, 11) is -3.68. The van der Waals surface area contributed by atoms with E-state index in [-0.39, 0.29) is 4.90 Å². The molecule has 3 aromatic carbocycles. The zero-order valence-electron chi connectivity index (χ0n) is 14.2. The van der Waals surface area contributed by atoms with Crippen LogP contribution in [-0.4, -0.2) is 13.4 Å². The van der Waals surface area contributed by atoms with Crippen LogP contribution in [0.2, 0.25) is 0 Å². The fraction of sp³-hybridized carbons (Fsp3) is 0.0500. The van der Waals surface area contributed by atoms with Gasteiger partial charge in [-0.3, -0.25) is 0 Å². The van der Waals surface area contributed by atoms with Crippen LogP contribution in [0.5, 0.6) is 5.75 Å². The number of nitrogens with two attached hydrogens (primary N) is 1. The Hall–Kier alpha value is -2.74. The van der Waals surface area contributed by atoms with E-state index >= 15 is 0 Å². The number of thiazole rings is 1. The van der Waals surface area contributed by atoms with E-state index in [0.717, 1.165) is 32.1 Å². The summed E-state index contributed by atoms with van der Waals surface area (Å²) in [5.74, 6) is 0.749. The van der Waals surface area contributed by atoms with Gasteiger partial charge in [0.25, 0.3) is 0 Å². The Morgan fingerprint density at radius 1 is 0.889 bits per heavy atom. The highest BCUT2D eigenvalue weighted by molar-refractivity contribution is 7.89. The molecule has 1 heterocycles. The molecule has 5 nitrogen and oxygen atoms in total. The minimum Gasteiger partial charge on any atom is -0.486 e. The molecule has 0 aliphatic rings. The number of nitrogens with zero attached hydrogens (tertiary/aromatic N) is 1. The SMILES string of the molecule is NS(=O)(=O)c1ccc(-c2ccc(OCc3nc4ccccc4s3)cc2)cc1. The van der Waals surface area contributed by atoms with Gasteiger partial charge in [-0.25, -0.2) is 18.5 Å². The molecule has 0 unspecified atom stereocenters. The van der Waals surface area contributed by atoms with Crippen molar-refractivity contribution in [3.05, 3.63) is 77.8 Å². The van der Waals surface area contributed by atoms with Gasteiger partial charge in [-0.05, 0) is 47.5 Å². The van der Waals surface area contributed by atoms with Crippen LogP contribution in [0.25, 0.3) is 21.3 Å².